The number of phenols is 1. The summed E-state index contributed by atoms with van der Waals surface area (Å²) in [5.74, 6) is -6.80. The summed E-state index contributed by atoms with van der Waals surface area (Å²) in [6.45, 7) is 3.77. The molecular formula is C26H31N3O8. The fourth-order valence-corrected chi connectivity index (χ4v) is 6.83. The molecular weight excluding hydrogens is 482 g/mol. The number of likely N-dealkylation sites (tertiary alicyclic amines) is 1. The molecule has 1 aromatic rings. The van der Waals surface area contributed by atoms with E-state index in [0.29, 0.717) is 11.3 Å². The highest BCUT2D eigenvalue weighted by Crippen LogP contribution is 2.53. The van der Waals surface area contributed by atoms with Gasteiger partial charge in [0.2, 0.25) is 5.78 Å². The van der Waals surface area contributed by atoms with Gasteiger partial charge in [0.15, 0.2) is 11.4 Å². The van der Waals surface area contributed by atoms with E-state index in [9.17, 15) is 34.8 Å². The number of Topliss-reactive ketones (excluding diaryl/α,β-unsaturated/α-hetero) is 2. The van der Waals surface area contributed by atoms with E-state index in [0.717, 1.165) is 31.5 Å². The molecule has 1 saturated heterocycles. The number of methoxy groups -OCH3 is 1. The number of nitrogens with zero attached hydrogens (tertiary/aromatic N) is 1. The Balaban J connectivity index is 1.68. The van der Waals surface area contributed by atoms with Gasteiger partial charge in [0.05, 0.1) is 18.7 Å². The van der Waals surface area contributed by atoms with Gasteiger partial charge in [0, 0.05) is 28.7 Å². The van der Waals surface area contributed by atoms with Gasteiger partial charge >= 0.3 is 0 Å². The maximum Gasteiger partial charge on any atom is 0.255 e. The van der Waals surface area contributed by atoms with Gasteiger partial charge in [-0.2, -0.15) is 0 Å². The van der Waals surface area contributed by atoms with Crippen molar-refractivity contribution in [3.05, 3.63) is 45.4 Å². The molecule has 1 aliphatic heterocycles. The van der Waals surface area contributed by atoms with Crippen LogP contribution in [0.2, 0.25) is 0 Å². The fraction of sp³-hybridized carbons (Fsp3) is 0.500. The molecule has 0 radical (unpaired) electrons. The lowest BCUT2D eigenvalue weighted by atomic mass is 9.59. The maximum atomic E-state index is 13.7. The molecule has 11 nitrogen and oxygen atoms in total. The first-order valence-electron chi connectivity index (χ1n) is 12.4. The largest absolute Gasteiger partial charge is 0.510 e. The summed E-state index contributed by atoms with van der Waals surface area (Å²) in [7, 11) is 1.50. The van der Waals surface area contributed by atoms with Crippen LogP contribution >= 0.6 is 0 Å². The normalized spacial score (nSPS) is 31.8. The number of ether oxygens (including phenoxy) is 1. The Morgan fingerprint density at radius 1 is 1.27 bits per heavy atom. The van der Waals surface area contributed by atoms with E-state index in [4.69, 9.17) is 16.2 Å². The lowest BCUT2D eigenvalue weighted by Crippen LogP contribution is -2.63. The van der Waals surface area contributed by atoms with Crippen molar-refractivity contribution in [2.75, 3.05) is 20.2 Å². The number of allylic oxidation sites excluding steroid dienone is 1. The van der Waals surface area contributed by atoms with E-state index in [1.54, 1.807) is 0 Å². The van der Waals surface area contributed by atoms with Crippen LogP contribution in [0.5, 0.6) is 11.5 Å². The van der Waals surface area contributed by atoms with Gasteiger partial charge in [-0.1, -0.05) is 6.92 Å². The topological polar surface area (TPSA) is 197 Å². The number of phenolic OH excluding ortho intramolecular Hbond substituents is 1. The van der Waals surface area contributed by atoms with Crippen LogP contribution in [0.15, 0.2) is 28.7 Å². The molecule has 4 aliphatic rings. The Kier molecular flexibility index (Phi) is 5.85. The first kappa shape index (κ1) is 25.2. The molecule has 5 rings (SSSR count). The highest BCUT2D eigenvalue weighted by atomic mass is 16.5. The average Bonchev–Trinajstić information content (AvgIpc) is 3.33. The van der Waals surface area contributed by atoms with Crippen molar-refractivity contribution in [3.8, 4) is 11.5 Å². The molecule has 1 amide bonds. The number of amides is 1. The van der Waals surface area contributed by atoms with Crippen LogP contribution in [-0.4, -0.2) is 74.6 Å². The molecule has 1 fully saturated rings. The number of hydrogen-bond acceptors (Lipinski definition) is 10. The Labute approximate surface area is 213 Å². The molecule has 11 heteroatoms. The number of benzene rings is 1. The summed E-state index contributed by atoms with van der Waals surface area (Å²) in [6.07, 6.45) is 1.96. The molecule has 1 heterocycles. The summed E-state index contributed by atoms with van der Waals surface area (Å²) in [5.41, 5.74) is 8.67. The molecule has 1 aromatic carbocycles. The number of ketones is 2. The number of rotatable bonds is 4. The molecule has 0 bridgehead atoms. The third-order valence-electron chi connectivity index (χ3n) is 8.57. The molecule has 5 atom stereocenters. The SMILES string of the molecule is CCN1CCC[C@H]1c1cc(O)c2c(c1OC)C[C@H]1C[C@H]3[C@H](N)C(O)=C(C(N)=O)C(=O)[C@@]3(O)C(O)=C1C2=O. The minimum Gasteiger partial charge on any atom is -0.510 e. The van der Waals surface area contributed by atoms with Crippen molar-refractivity contribution in [3.63, 3.8) is 0 Å². The van der Waals surface area contributed by atoms with Crippen molar-refractivity contribution in [2.45, 2.75) is 50.3 Å². The fourth-order valence-electron chi connectivity index (χ4n) is 6.83. The molecule has 0 unspecified atom stereocenters. The van der Waals surface area contributed by atoms with Crippen molar-refractivity contribution in [1.29, 1.82) is 0 Å². The van der Waals surface area contributed by atoms with E-state index in [2.05, 4.69) is 11.8 Å². The highest BCUT2D eigenvalue weighted by molar-refractivity contribution is 6.24. The van der Waals surface area contributed by atoms with E-state index >= 15 is 0 Å². The Morgan fingerprint density at radius 2 is 1.97 bits per heavy atom. The average molecular weight is 514 g/mol. The lowest BCUT2D eigenvalue weighted by Gasteiger charge is -2.47. The molecule has 37 heavy (non-hydrogen) atoms. The zero-order chi connectivity index (χ0) is 27.0. The number of carbonyl (C=O) groups is 3. The number of carbonyl (C=O) groups excluding carboxylic acids is 3. The first-order valence-corrected chi connectivity index (χ1v) is 12.4. The minimum atomic E-state index is -2.72. The van der Waals surface area contributed by atoms with Crippen LogP contribution in [0.25, 0.3) is 0 Å². The van der Waals surface area contributed by atoms with E-state index in [1.807, 2.05) is 0 Å². The number of aromatic hydroxyl groups is 1. The standard InChI is InChI=1S/C26H31N3O8/c1-3-29-6-4-5-14(29)11-9-15(30)17-12(22(11)37-2)7-10-8-13-19(27)21(32)18(25(28)35)24(34)26(13,36)23(33)16(10)20(17)31/h9-10,13-14,19,30,32-33,36H,3-8,27H2,1-2H3,(H2,28,35)/t10-,13-,14-,19-,26-/m0/s1. The Bertz CT molecular complexity index is 1300. The van der Waals surface area contributed by atoms with Crippen LogP contribution in [-0.2, 0) is 16.0 Å². The van der Waals surface area contributed by atoms with Crippen LogP contribution in [0.3, 0.4) is 0 Å². The van der Waals surface area contributed by atoms with Crippen molar-refractivity contribution in [2.24, 2.45) is 23.3 Å². The molecule has 0 saturated carbocycles. The lowest BCUT2D eigenvalue weighted by molar-refractivity contribution is -0.145. The molecule has 3 aliphatic carbocycles. The maximum absolute atomic E-state index is 13.7. The molecule has 8 N–H and O–H groups in total. The van der Waals surface area contributed by atoms with Gasteiger partial charge < -0.3 is 36.6 Å². The number of fused-ring (bicyclic) bond motifs is 3. The highest BCUT2D eigenvalue weighted by Gasteiger charge is 2.62. The van der Waals surface area contributed by atoms with Gasteiger partial charge in [-0.25, -0.2) is 0 Å². The zero-order valence-corrected chi connectivity index (χ0v) is 20.7. The molecule has 0 spiro atoms. The van der Waals surface area contributed by atoms with E-state index < -0.39 is 58.0 Å². The van der Waals surface area contributed by atoms with Gasteiger partial charge in [0.25, 0.3) is 5.91 Å². The summed E-state index contributed by atoms with van der Waals surface area (Å²) in [6, 6.07) is 0.135. The smallest absolute Gasteiger partial charge is 0.255 e. The number of nitrogens with two attached hydrogens (primary N) is 2. The predicted molar refractivity (Wildman–Crippen MR) is 130 cm³/mol. The van der Waals surface area contributed by atoms with Gasteiger partial charge in [0.1, 0.15) is 28.6 Å². The number of primary amides is 1. The van der Waals surface area contributed by atoms with Gasteiger partial charge in [-0.05, 0) is 50.8 Å². The van der Waals surface area contributed by atoms with Gasteiger partial charge in [-0.3, -0.25) is 19.3 Å². The quantitative estimate of drug-likeness (QED) is 0.311. The number of aliphatic hydroxyl groups excluding tert-OH is 2. The third kappa shape index (κ3) is 3.27. The van der Waals surface area contributed by atoms with Crippen molar-refractivity contribution < 1.29 is 39.5 Å². The number of hydrogen-bond donors (Lipinski definition) is 6. The second-order valence-electron chi connectivity index (χ2n) is 10.2. The van der Waals surface area contributed by atoms with Crippen LogP contribution in [0.1, 0.15) is 53.7 Å². The number of aliphatic hydroxyl groups is 3. The van der Waals surface area contributed by atoms with Gasteiger partial charge in [-0.15, -0.1) is 0 Å². The summed E-state index contributed by atoms with van der Waals surface area (Å²) in [5, 5.41) is 44.1. The predicted octanol–water partition coefficient (Wildman–Crippen LogP) is 0.683. The molecule has 0 aromatic heterocycles. The second kappa shape index (κ2) is 8.57. The Hall–Kier alpha value is -3.41. The van der Waals surface area contributed by atoms with Crippen LogP contribution in [0, 0.1) is 11.8 Å². The van der Waals surface area contributed by atoms with Crippen molar-refractivity contribution >= 4 is 17.5 Å². The van der Waals surface area contributed by atoms with Crippen LogP contribution in [0.4, 0.5) is 0 Å². The van der Waals surface area contributed by atoms with Crippen molar-refractivity contribution in [1.82, 2.24) is 4.90 Å². The Morgan fingerprint density at radius 3 is 2.59 bits per heavy atom. The van der Waals surface area contributed by atoms with Crippen LogP contribution < -0.4 is 16.2 Å². The first-order chi connectivity index (χ1) is 17.5. The van der Waals surface area contributed by atoms with E-state index in [-0.39, 0.29) is 35.8 Å². The molecule has 198 valence electrons. The minimum absolute atomic E-state index is 0.00624. The summed E-state index contributed by atoms with van der Waals surface area (Å²) in [4.78, 5) is 41.0. The second-order valence-corrected chi connectivity index (χ2v) is 10.2. The monoisotopic (exact) mass is 513 g/mol. The van der Waals surface area contributed by atoms with E-state index in [1.165, 1.54) is 13.2 Å². The zero-order valence-electron chi connectivity index (χ0n) is 20.7. The third-order valence-corrected chi connectivity index (χ3v) is 8.57. The summed E-state index contributed by atoms with van der Waals surface area (Å²) >= 11 is 0. The summed E-state index contributed by atoms with van der Waals surface area (Å²) < 4.78 is 5.79.